The Morgan fingerprint density at radius 2 is 2.17 bits per heavy atom. The lowest BCUT2D eigenvalue weighted by atomic mass is 9.82. The standard InChI is InChI=1S/C10H18O2/c1-4-6-8-10(3,7-5-2)9(11)12/h4,6H,5,7-8H2,1-3H3,(H,11,12). The van der Waals surface area contributed by atoms with Gasteiger partial charge in [-0.1, -0.05) is 25.5 Å². The quantitative estimate of drug-likeness (QED) is 0.644. The summed E-state index contributed by atoms with van der Waals surface area (Å²) >= 11 is 0. The lowest BCUT2D eigenvalue weighted by Crippen LogP contribution is -2.26. The minimum absolute atomic E-state index is 0.568. The van der Waals surface area contributed by atoms with E-state index in [1.54, 1.807) is 6.92 Å². The highest BCUT2D eigenvalue weighted by Gasteiger charge is 2.30. The van der Waals surface area contributed by atoms with Gasteiger partial charge in [0.25, 0.3) is 0 Å². The predicted octanol–water partition coefficient (Wildman–Crippen LogP) is 2.84. The van der Waals surface area contributed by atoms with Crippen molar-refractivity contribution in [3.8, 4) is 0 Å². The number of allylic oxidation sites excluding steroid dienone is 2. The molecule has 0 aromatic rings. The first-order valence-electron chi connectivity index (χ1n) is 4.41. The molecule has 0 radical (unpaired) electrons. The number of hydrogen-bond acceptors (Lipinski definition) is 1. The molecule has 0 aromatic heterocycles. The smallest absolute Gasteiger partial charge is 0.309 e. The van der Waals surface area contributed by atoms with Crippen LogP contribution in [0.3, 0.4) is 0 Å². The second kappa shape index (κ2) is 4.96. The molecule has 0 aromatic carbocycles. The van der Waals surface area contributed by atoms with E-state index in [1.807, 2.05) is 26.0 Å². The molecular weight excluding hydrogens is 152 g/mol. The normalized spacial score (nSPS) is 16.2. The van der Waals surface area contributed by atoms with Crippen molar-refractivity contribution in [3.05, 3.63) is 12.2 Å². The molecule has 70 valence electrons. The zero-order chi connectivity index (χ0) is 9.61. The summed E-state index contributed by atoms with van der Waals surface area (Å²) in [6.45, 7) is 5.73. The molecule has 0 aliphatic rings. The zero-order valence-corrected chi connectivity index (χ0v) is 8.13. The molecule has 0 spiro atoms. The van der Waals surface area contributed by atoms with Crippen LogP contribution in [0.15, 0.2) is 12.2 Å². The molecule has 1 N–H and O–H groups in total. The summed E-state index contributed by atoms with van der Waals surface area (Å²) in [6.07, 6.45) is 6.11. The number of carboxylic acid groups (broad SMARTS) is 1. The van der Waals surface area contributed by atoms with E-state index in [0.29, 0.717) is 6.42 Å². The molecular formula is C10H18O2. The van der Waals surface area contributed by atoms with Gasteiger partial charge in [0.15, 0.2) is 0 Å². The van der Waals surface area contributed by atoms with E-state index in [1.165, 1.54) is 0 Å². The van der Waals surface area contributed by atoms with Gasteiger partial charge in [-0.05, 0) is 26.7 Å². The summed E-state index contributed by atoms with van der Waals surface area (Å²) in [7, 11) is 0. The van der Waals surface area contributed by atoms with Crippen molar-refractivity contribution in [1.29, 1.82) is 0 Å². The van der Waals surface area contributed by atoms with E-state index in [4.69, 9.17) is 5.11 Å². The predicted molar refractivity (Wildman–Crippen MR) is 50.1 cm³/mol. The second-order valence-corrected chi connectivity index (χ2v) is 3.39. The summed E-state index contributed by atoms with van der Waals surface area (Å²) in [6, 6.07) is 0. The molecule has 2 heteroatoms. The monoisotopic (exact) mass is 170 g/mol. The zero-order valence-electron chi connectivity index (χ0n) is 8.13. The molecule has 0 aliphatic heterocycles. The average molecular weight is 170 g/mol. The van der Waals surface area contributed by atoms with Crippen LogP contribution < -0.4 is 0 Å². The maximum absolute atomic E-state index is 10.9. The second-order valence-electron chi connectivity index (χ2n) is 3.39. The molecule has 2 nitrogen and oxygen atoms in total. The van der Waals surface area contributed by atoms with Crippen LogP contribution in [0.25, 0.3) is 0 Å². The number of hydrogen-bond donors (Lipinski definition) is 1. The van der Waals surface area contributed by atoms with Crippen molar-refractivity contribution >= 4 is 5.97 Å². The first-order chi connectivity index (χ1) is 5.56. The van der Waals surface area contributed by atoms with Crippen LogP contribution in [0, 0.1) is 5.41 Å². The van der Waals surface area contributed by atoms with Crippen LogP contribution >= 0.6 is 0 Å². The molecule has 1 atom stereocenters. The highest BCUT2D eigenvalue weighted by Crippen LogP contribution is 2.28. The number of carboxylic acids is 1. The molecule has 0 aliphatic carbocycles. The summed E-state index contributed by atoms with van der Waals surface area (Å²) < 4.78 is 0. The Morgan fingerprint density at radius 3 is 2.50 bits per heavy atom. The van der Waals surface area contributed by atoms with E-state index in [2.05, 4.69) is 0 Å². The fraction of sp³-hybridized carbons (Fsp3) is 0.700. The Kier molecular flexibility index (Phi) is 4.64. The van der Waals surface area contributed by atoms with Gasteiger partial charge >= 0.3 is 5.97 Å². The fourth-order valence-corrected chi connectivity index (χ4v) is 1.23. The molecule has 12 heavy (non-hydrogen) atoms. The van der Waals surface area contributed by atoms with Gasteiger partial charge in [-0.3, -0.25) is 4.79 Å². The molecule has 1 unspecified atom stereocenters. The number of carbonyl (C=O) groups is 1. The van der Waals surface area contributed by atoms with Gasteiger partial charge in [-0.15, -0.1) is 0 Å². The van der Waals surface area contributed by atoms with Crippen LogP contribution in [0.2, 0.25) is 0 Å². The van der Waals surface area contributed by atoms with E-state index >= 15 is 0 Å². The first-order valence-corrected chi connectivity index (χ1v) is 4.41. The third-order valence-corrected chi connectivity index (χ3v) is 2.12. The maximum Gasteiger partial charge on any atom is 0.309 e. The highest BCUT2D eigenvalue weighted by atomic mass is 16.4. The van der Waals surface area contributed by atoms with Crippen molar-refractivity contribution in [3.63, 3.8) is 0 Å². The van der Waals surface area contributed by atoms with Crippen LogP contribution in [-0.2, 0) is 4.79 Å². The number of rotatable bonds is 5. The summed E-state index contributed by atoms with van der Waals surface area (Å²) in [5.41, 5.74) is -0.568. The first kappa shape index (κ1) is 11.2. The molecule has 0 saturated heterocycles. The van der Waals surface area contributed by atoms with Gasteiger partial charge in [0.05, 0.1) is 5.41 Å². The molecule has 0 saturated carbocycles. The van der Waals surface area contributed by atoms with E-state index in [9.17, 15) is 4.79 Å². The van der Waals surface area contributed by atoms with Crippen LogP contribution in [0.1, 0.15) is 40.0 Å². The highest BCUT2D eigenvalue weighted by molar-refractivity contribution is 5.74. The Labute approximate surface area is 74.3 Å². The van der Waals surface area contributed by atoms with Crippen LogP contribution in [0.4, 0.5) is 0 Å². The minimum atomic E-state index is -0.692. The molecule has 0 amide bonds. The fourth-order valence-electron chi connectivity index (χ4n) is 1.23. The lowest BCUT2D eigenvalue weighted by molar-refractivity contribution is -0.148. The van der Waals surface area contributed by atoms with Crippen molar-refractivity contribution in [2.75, 3.05) is 0 Å². The van der Waals surface area contributed by atoms with Crippen LogP contribution in [-0.4, -0.2) is 11.1 Å². The van der Waals surface area contributed by atoms with E-state index in [-0.39, 0.29) is 0 Å². The maximum atomic E-state index is 10.9. The Bertz CT molecular complexity index is 173. The average Bonchev–Trinajstić information content (AvgIpc) is 2.01. The summed E-state index contributed by atoms with van der Waals surface area (Å²) in [5.74, 6) is -0.692. The van der Waals surface area contributed by atoms with Crippen molar-refractivity contribution in [2.45, 2.75) is 40.0 Å². The largest absolute Gasteiger partial charge is 0.481 e. The van der Waals surface area contributed by atoms with Gasteiger partial charge in [0, 0.05) is 0 Å². The van der Waals surface area contributed by atoms with Gasteiger partial charge in [-0.25, -0.2) is 0 Å². The van der Waals surface area contributed by atoms with Gasteiger partial charge in [-0.2, -0.15) is 0 Å². The van der Waals surface area contributed by atoms with Gasteiger partial charge < -0.3 is 5.11 Å². The van der Waals surface area contributed by atoms with Crippen molar-refractivity contribution in [2.24, 2.45) is 5.41 Å². The van der Waals surface area contributed by atoms with Crippen LogP contribution in [0.5, 0.6) is 0 Å². The van der Waals surface area contributed by atoms with E-state index < -0.39 is 11.4 Å². The van der Waals surface area contributed by atoms with Crippen molar-refractivity contribution in [1.82, 2.24) is 0 Å². The Balaban J connectivity index is 4.28. The topological polar surface area (TPSA) is 37.3 Å². The Morgan fingerprint density at radius 1 is 1.58 bits per heavy atom. The minimum Gasteiger partial charge on any atom is -0.481 e. The molecule has 0 bridgehead atoms. The Hall–Kier alpha value is -0.790. The molecule has 0 fully saturated rings. The van der Waals surface area contributed by atoms with Gasteiger partial charge in [0.1, 0.15) is 0 Å². The van der Waals surface area contributed by atoms with Crippen molar-refractivity contribution < 1.29 is 9.90 Å². The number of aliphatic carboxylic acids is 1. The summed E-state index contributed by atoms with van der Waals surface area (Å²) in [5, 5.41) is 8.96. The lowest BCUT2D eigenvalue weighted by Gasteiger charge is -2.22. The summed E-state index contributed by atoms with van der Waals surface area (Å²) in [4.78, 5) is 10.9. The third kappa shape index (κ3) is 3.07. The third-order valence-electron chi connectivity index (χ3n) is 2.12. The van der Waals surface area contributed by atoms with Gasteiger partial charge in [0.2, 0.25) is 0 Å². The van der Waals surface area contributed by atoms with E-state index in [0.717, 1.165) is 12.8 Å². The molecule has 0 rings (SSSR count). The molecule has 0 heterocycles. The SMILES string of the molecule is CC=CCC(C)(CCC)C(=O)O.